The van der Waals surface area contributed by atoms with Gasteiger partial charge in [-0.1, -0.05) is 31.0 Å². The molecule has 2 aliphatic heterocycles. The van der Waals surface area contributed by atoms with E-state index in [1.54, 1.807) is 0 Å². The van der Waals surface area contributed by atoms with Crippen molar-refractivity contribution in [2.45, 2.75) is 63.1 Å². The van der Waals surface area contributed by atoms with Crippen LogP contribution in [-0.4, -0.2) is 46.4 Å². The van der Waals surface area contributed by atoms with Gasteiger partial charge in [-0.05, 0) is 80.5 Å². The van der Waals surface area contributed by atoms with E-state index in [1.165, 1.54) is 37.8 Å². The van der Waals surface area contributed by atoms with Crippen LogP contribution in [0.3, 0.4) is 0 Å². The molecule has 3 unspecified atom stereocenters. The van der Waals surface area contributed by atoms with Gasteiger partial charge in [0.15, 0.2) is 0 Å². The number of nitrogens with zero attached hydrogens (tertiary/aromatic N) is 3. The molecule has 7 heteroatoms. The van der Waals surface area contributed by atoms with Crippen LogP contribution >= 0.6 is 0 Å². The van der Waals surface area contributed by atoms with Crippen LogP contribution in [0, 0.1) is 5.92 Å². The largest absolute Gasteiger partial charge is 0.377 e. The lowest BCUT2D eigenvalue weighted by Crippen LogP contribution is -2.55. The van der Waals surface area contributed by atoms with Crippen molar-refractivity contribution in [1.29, 1.82) is 0 Å². The Labute approximate surface area is 229 Å². The number of amides is 1. The molecule has 2 bridgehead atoms. The number of hydrogen-bond donors (Lipinski definition) is 2. The van der Waals surface area contributed by atoms with Crippen molar-refractivity contribution in [3.05, 3.63) is 78.1 Å². The van der Waals surface area contributed by atoms with Crippen molar-refractivity contribution in [3.63, 3.8) is 0 Å². The number of hydrogen-bond acceptors (Lipinski definition) is 5. The van der Waals surface area contributed by atoms with Crippen molar-refractivity contribution in [2.24, 2.45) is 5.92 Å². The number of H-pyrrole nitrogens is 1. The first kappa shape index (κ1) is 24.3. The number of nitrogens with one attached hydrogen (secondary N) is 2. The summed E-state index contributed by atoms with van der Waals surface area (Å²) >= 11 is 0. The Morgan fingerprint density at radius 2 is 1.74 bits per heavy atom. The van der Waals surface area contributed by atoms with E-state index in [2.05, 4.69) is 49.7 Å². The summed E-state index contributed by atoms with van der Waals surface area (Å²) in [5.41, 5.74) is 5.66. The van der Waals surface area contributed by atoms with Crippen LogP contribution < -0.4 is 10.2 Å². The van der Waals surface area contributed by atoms with Crippen molar-refractivity contribution in [2.75, 3.05) is 18.1 Å². The van der Waals surface area contributed by atoms with Gasteiger partial charge in [-0.15, -0.1) is 0 Å². The molecule has 2 aromatic carbocycles. The Bertz CT molecular complexity index is 1420. The third kappa shape index (κ3) is 4.69. The smallest absolute Gasteiger partial charge is 0.251 e. The van der Waals surface area contributed by atoms with E-state index in [4.69, 9.17) is 4.74 Å². The second-order valence-corrected chi connectivity index (χ2v) is 11.3. The minimum absolute atomic E-state index is 0.0687. The molecule has 2 saturated heterocycles. The Kier molecular flexibility index (Phi) is 6.52. The molecule has 1 saturated carbocycles. The summed E-state index contributed by atoms with van der Waals surface area (Å²) in [6.07, 6.45) is 10.1. The minimum Gasteiger partial charge on any atom is -0.377 e. The molecule has 1 aliphatic carbocycles. The van der Waals surface area contributed by atoms with Crippen molar-refractivity contribution in [3.8, 4) is 11.3 Å². The number of pyridine rings is 1. The predicted molar refractivity (Wildman–Crippen MR) is 153 cm³/mol. The Morgan fingerprint density at radius 1 is 0.949 bits per heavy atom. The summed E-state index contributed by atoms with van der Waals surface area (Å²) in [6, 6.07) is 21.3. The molecular formula is C32H35N5O2. The van der Waals surface area contributed by atoms with E-state index in [0.717, 1.165) is 53.9 Å². The van der Waals surface area contributed by atoms with E-state index in [9.17, 15) is 4.79 Å². The van der Waals surface area contributed by atoms with Crippen LogP contribution in [0.15, 0.2) is 66.9 Å². The highest BCUT2D eigenvalue weighted by atomic mass is 16.5. The fourth-order valence-electron chi connectivity index (χ4n) is 6.93. The molecule has 2 N–H and O–H groups in total. The van der Waals surface area contributed by atoms with Gasteiger partial charge in [-0.2, -0.15) is 5.10 Å². The molecule has 1 amide bonds. The van der Waals surface area contributed by atoms with Crippen LogP contribution in [0.2, 0.25) is 0 Å². The second-order valence-electron chi connectivity index (χ2n) is 11.3. The topological polar surface area (TPSA) is 83.1 Å². The lowest BCUT2D eigenvalue weighted by Gasteiger charge is -2.47. The average molecular weight is 522 g/mol. The first-order chi connectivity index (χ1) is 19.2. The summed E-state index contributed by atoms with van der Waals surface area (Å²) in [5, 5.41) is 12.1. The number of morpholine rings is 1. The highest BCUT2D eigenvalue weighted by Crippen LogP contribution is 2.36. The third-order valence-electron chi connectivity index (χ3n) is 8.91. The molecule has 4 aromatic rings. The van der Waals surface area contributed by atoms with E-state index < -0.39 is 0 Å². The Hall–Kier alpha value is -3.71. The monoisotopic (exact) mass is 521 g/mol. The fraction of sp³-hybridized carbons (Fsp3) is 0.406. The minimum atomic E-state index is -0.0760. The molecule has 3 atom stereocenters. The van der Waals surface area contributed by atoms with Crippen molar-refractivity contribution >= 4 is 22.5 Å². The zero-order chi connectivity index (χ0) is 26.2. The number of fused-ring (bicyclic) bond motifs is 3. The second kappa shape index (κ2) is 10.5. The van der Waals surface area contributed by atoms with Gasteiger partial charge in [-0.3, -0.25) is 14.9 Å². The molecule has 3 aliphatic rings. The summed E-state index contributed by atoms with van der Waals surface area (Å²) in [6.45, 7) is 1.63. The highest BCUT2D eigenvalue weighted by Gasteiger charge is 2.34. The summed E-state index contributed by atoms with van der Waals surface area (Å²) in [4.78, 5) is 20.7. The number of carbonyl (C=O) groups excluding carboxylic acids is 1. The number of aromatic amines is 1. The molecule has 4 heterocycles. The van der Waals surface area contributed by atoms with Gasteiger partial charge in [-0.25, -0.2) is 0 Å². The molecule has 0 spiro atoms. The van der Waals surface area contributed by atoms with E-state index in [0.29, 0.717) is 23.6 Å². The average Bonchev–Trinajstić information content (AvgIpc) is 3.66. The first-order valence-corrected chi connectivity index (χ1v) is 14.4. The van der Waals surface area contributed by atoms with E-state index in [1.807, 2.05) is 42.6 Å². The molecule has 200 valence electrons. The maximum absolute atomic E-state index is 13.5. The van der Waals surface area contributed by atoms with Crippen LogP contribution in [-0.2, 0) is 4.74 Å². The number of anilines is 1. The fourth-order valence-corrected chi connectivity index (χ4v) is 6.93. The number of benzene rings is 2. The lowest BCUT2D eigenvalue weighted by atomic mass is 9.93. The van der Waals surface area contributed by atoms with Gasteiger partial charge < -0.3 is 15.0 Å². The van der Waals surface area contributed by atoms with Gasteiger partial charge in [0.1, 0.15) is 0 Å². The van der Waals surface area contributed by atoms with Gasteiger partial charge in [0.2, 0.25) is 0 Å². The van der Waals surface area contributed by atoms with Gasteiger partial charge in [0, 0.05) is 28.4 Å². The zero-order valence-electron chi connectivity index (χ0n) is 22.2. The molecule has 39 heavy (non-hydrogen) atoms. The molecule has 7 nitrogen and oxygen atoms in total. The zero-order valence-corrected chi connectivity index (χ0v) is 22.2. The first-order valence-electron chi connectivity index (χ1n) is 14.4. The maximum Gasteiger partial charge on any atom is 0.251 e. The predicted octanol–water partition coefficient (Wildman–Crippen LogP) is 6.04. The Morgan fingerprint density at radius 3 is 2.49 bits per heavy atom. The summed E-state index contributed by atoms with van der Waals surface area (Å²) < 4.78 is 5.84. The van der Waals surface area contributed by atoms with Crippen LogP contribution in [0.5, 0.6) is 0 Å². The van der Waals surface area contributed by atoms with Gasteiger partial charge in [0.25, 0.3) is 5.91 Å². The highest BCUT2D eigenvalue weighted by molar-refractivity contribution is 6.01. The number of carbonyl (C=O) groups is 1. The molecule has 7 rings (SSSR count). The number of rotatable bonds is 6. The molecule has 0 radical (unpaired) electrons. The van der Waals surface area contributed by atoms with Crippen LogP contribution in [0.1, 0.15) is 67.0 Å². The van der Waals surface area contributed by atoms with Gasteiger partial charge >= 0.3 is 0 Å². The van der Waals surface area contributed by atoms with Crippen LogP contribution in [0.25, 0.3) is 22.2 Å². The normalized spacial score (nSPS) is 22.2. The number of ether oxygens (including phenoxy) is 1. The molecular weight excluding hydrogens is 486 g/mol. The van der Waals surface area contributed by atoms with Crippen LogP contribution in [0.4, 0.5) is 5.69 Å². The lowest BCUT2D eigenvalue weighted by molar-refractivity contribution is 0.0463. The van der Waals surface area contributed by atoms with E-state index >= 15 is 0 Å². The van der Waals surface area contributed by atoms with Gasteiger partial charge in [0.05, 0.1) is 48.2 Å². The molecule has 2 aromatic heterocycles. The van der Waals surface area contributed by atoms with Crippen molar-refractivity contribution in [1.82, 2.24) is 20.5 Å². The summed E-state index contributed by atoms with van der Waals surface area (Å²) in [5.74, 6) is 0.349. The third-order valence-corrected chi connectivity index (χ3v) is 8.91. The Balaban J connectivity index is 1.15. The van der Waals surface area contributed by atoms with E-state index in [-0.39, 0.29) is 11.9 Å². The summed E-state index contributed by atoms with van der Waals surface area (Å²) in [7, 11) is 0. The standard InChI is InChI=1S/C32H35N5O2/c38-32(34-31(21-6-1-2-7-21)29-10-3-4-17-33-29)23-13-16-28-27(18-23)30(36-35-28)22-11-14-24(15-12-22)37-25-8-5-9-26(37)20-39-19-25/h3-4,10-18,21,25-26,31H,1-2,5-9,19-20H2,(H,34,38)(H,35,36). The maximum atomic E-state index is 13.5. The van der Waals surface area contributed by atoms with Crippen molar-refractivity contribution < 1.29 is 9.53 Å². The quantitative estimate of drug-likeness (QED) is 0.323. The number of aromatic nitrogens is 3. The number of piperidine rings is 1. The SMILES string of the molecule is O=C(NC(c1ccccn1)C1CCCC1)c1ccc2[nH]nc(-c3ccc(N4C5CCCC4COC5)cc3)c2c1. The molecule has 3 fully saturated rings.